The Kier molecular flexibility index (Phi) is 15.9. The van der Waals surface area contributed by atoms with Crippen LogP contribution in [-0.2, 0) is 17.1 Å². The first kappa shape index (κ1) is 33.2. The Morgan fingerprint density at radius 3 is 1.64 bits per heavy atom. The van der Waals surface area contributed by atoms with Crippen molar-refractivity contribution in [1.29, 1.82) is 0 Å². The van der Waals surface area contributed by atoms with Crippen LogP contribution >= 0.6 is 0 Å². The number of rotatable bonds is 3. The summed E-state index contributed by atoms with van der Waals surface area (Å²) in [5.41, 5.74) is 11.7. The molecule has 1 aromatic heterocycles. The van der Waals surface area contributed by atoms with Crippen LogP contribution in [0.1, 0.15) is 52.8 Å². The van der Waals surface area contributed by atoms with Crippen molar-refractivity contribution in [2.45, 2.75) is 55.4 Å². The molecule has 0 aliphatic carbocycles. The molecule has 0 N–H and O–H groups in total. The summed E-state index contributed by atoms with van der Waals surface area (Å²) in [6.07, 6.45) is 6.43. The average Bonchev–Trinajstić information content (AvgIpc) is 2.68. The zero-order valence-electron chi connectivity index (χ0n) is 20.6. The van der Waals surface area contributed by atoms with Crippen LogP contribution in [0.3, 0.4) is 0 Å². The first-order valence-corrected chi connectivity index (χ1v) is 10.2. The van der Waals surface area contributed by atoms with E-state index >= 15 is 0 Å². The van der Waals surface area contributed by atoms with E-state index in [-0.39, 0.29) is 41.9 Å². The molecular formula is C27H32Cl2FeN3. The fourth-order valence-electron chi connectivity index (χ4n) is 3.62. The molecule has 3 aromatic rings. The third kappa shape index (κ3) is 9.81. The minimum atomic E-state index is 0. The monoisotopic (exact) mass is 524 g/mol. The number of aromatic nitrogens is 1. The molecule has 0 fully saturated rings. The fourth-order valence-corrected chi connectivity index (χ4v) is 3.62. The molecule has 3 rings (SSSR count). The van der Waals surface area contributed by atoms with Crippen LogP contribution in [0.4, 0.5) is 11.4 Å². The second-order valence-corrected chi connectivity index (χ2v) is 7.77. The Labute approximate surface area is 222 Å². The molecule has 0 unspecified atom stereocenters. The molecule has 0 saturated heterocycles. The van der Waals surface area contributed by atoms with Crippen molar-refractivity contribution in [2.24, 2.45) is 9.98 Å². The number of hydrogen-bond donors (Lipinski definition) is 0. The zero-order valence-corrected chi connectivity index (χ0v) is 23.2. The molecule has 2 aromatic carbocycles. The molecule has 0 atom stereocenters. The molecule has 0 saturated carbocycles. The molecule has 6 heteroatoms. The quantitative estimate of drug-likeness (QED) is 0.289. The van der Waals surface area contributed by atoms with Gasteiger partial charge >= 0.3 is 17.1 Å². The van der Waals surface area contributed by atoms with Crippen molar-refractivity contribution < 1.29 is 41.9 Å². The third-order valence-electron chi connectivity index (χ3n) is 4.85. The number of halogens is 2. The van der Waals surface area contributed by atoms with Crippen molar-refractivity contribution in [3.05, 3.63) is 87.7 Å². The summed E-state index contributed by atoms with van der Waals surface area (Å²) >= 11 is 0. The molecule has 1 heterocycles. The maximum atomic E-state index is 4.75. The van der Waals surface area contributed by atoms with Crippen LogP contribution < -0.4 is 24.8 Å². The maximum Gasteiger partial charge on any atom is 3.00 e. The standard InChI is InChI=1S/C16H18N2.C11H14N.2ClH.Fe/c1-11-8-12(2)16(13(3)9-11)18-14(4)15-6-5-7-17-10-15;1-5-12-11-9(3)6-8(2)7-10(11)4;;;/h5-10H,1-4H3;6-7H,1-4H3;2*1H;/q;-1;;;+3/p-2. The predicted octanol–water partition coefficient (Wildman–Crippen LogP) is 1.36. The average molecular weight is 525 g/mol. The Hall–Kier alpha value is -1.97. The second-order valence-electron chi connectivity index (χ2n) is 7.77. The van der Waals surface area contributed by atoms with Gasteiger partial charge in [0.25, 0.3) is 0 Å². The van der Waals surface area contributed by atoms with Crippen molar-refractivity contribution in [3.63, 3.8) is 0 Å². The van der Waals surface area contributed by atoms with Gasteiger partial charge in [0.15, 0.2) is 0 Å². The van der Waals surface area contributed by atoms with Crippen LogP contribution in [0.15, 0.2) is 58.8 Å². The van der Waals surface area contributed by atoms with Gasteiger partial charge in [-0.1, -0.05) is 61.0 Å². The van der Waals surface area contributed by atoms with Crippen molar-refractivity contribution in [1.82, 2.24) is 4.98 Å². The molecule has 0 spiro atoms. The summed E-state index contributed by atoms with van der Waals surface area (Å²) in [5.74, 6) is 0. The molecule has 1 radical (unpaired) electrons. The van der Waals surface area contributed by atoms with Gasteiger partial charge < -0.3 is 29.8 Å². The van der Waals surface area contributed by atoms with E-state index in [0.717, 1.165) is 22.6 Å². The van der Waals surface area contributed by atoms with Gasteiger partial charge in [0.2, 0.25) is 0 Å². The number of benzene rings is 2. The van der Waals surface area contributed by atoms with Gasteiger partial charge in [0.05, 0.1) is 5.69 Å². The largest absolute Gasteiger partial charge is 3.00 e. The van der Waals surface area contributed by atoms with Crippen LogP contribution in [0.2, 0.25) is 0 Å². The fraction of sp³-hybridized carbons (Fsp3) is 0.296. The summed E-state index contributed by atoms with van der Waals surface area (Å²) < 4.78 is 0. The Morgan fingerprint density at radius 1 is 0.788 bits per heavy atom. The summed E-state index contributed by atoms with van der Waals surface area (Å²) in [6.45, 7) is 16.4. The minimum absolute atomic E-state index is 0. The molecular weight excluding hydrogens is 493 g/mol. The molecule has 33 heavy (non-hydrogen) atoms. The Bertz CT molecular complexity index is 1030. The smallest absolute Gasteiger partial charge is 1.00 e. The Balaban J connectivity index is 0. The molecule has 0 amide bonds. The van der Waals surface area contributed by atoms with E-state index in [1.54, 1.807) is 6.20 Å². The second kappa shape index (κ2) is 15.8. The third-order valence-corrected chi connectivity index (χ3v) is 4.85. The molecule has 177 valence electrons. The summed E-state index contributed by atoms with van der Waals surface area (Å²) in [7, 11) is 0. The van der Waals surface area contributed by atoms with Crippen molar-refractivity contribution in [3.8, 4) is 0 Å². The van der Waals surface area contributed by atoms with Gasteiger partial charge in [-0.05, 0) is 51.8 Å². The van der Waals surface area contributed by atoms with Crippen LogP contribution in [0.25, 0.3) is 0 Å². The summed E-state index contributed by atoms with van der Waals surface area (Å²) in [4.78, 5) is 13.1. The van der Waals surface area contributed by atoms with Gasteiger partial charge in [0, 0.05) is 23.7 Å². The number of nitrogens with zero attached hydrogens (tertiary/aromatic N) is 3. The number of aliphatic imine (C=N–C) groups is 2. The maximum absolute atomic E-state index is 4.75. The van der Waals surface area contributed by atoms with Crippen LogP contribution in [0, 0.1) is 41.5 Å². The van der Waals surface area contributed by atoms with E-state index in [0.29, 0.717) is 0 Å². The van der Waals surface area contributed by atoms with E-state index in [1.165, 1.54) is 33.4 Å². The van der Waals surface area contributed by atoms with Gasteiger partial charge in [-0.25, -0.2) is 0 Å². The summed E-state index contributed by atoms with van der Waals surface area (Å²) in [5, 5.41) is 0. The molecule has 0 aliphatic rings. The van der Waals surface area contributed by atoms with Gasteiger partial charge in [-0.3, -0.25) is 9.98 Å². The van der Waals surface area contributed by atoms with E-state index in [4.69, 9.17) is 4.99 Å². The van der Waals surface area contributed by atoms with E-state index in [2.05, 4.69) is 82.0 Å². The molecule has 0 bridgehead atoms. The number of pyridine rings is 1. The zero-order chi connectivity index (χ0) is 22.3. The first-order valence-electron chi connectivity index (χ1n) is 10.2. The van der Waals surface area contributed by atoms with Gasteiger partial charge in [-0.15, -0.1) is 18.1 Å². The van der Waals surface area contributed by atoms with Gasteiger partial charge in [0.1, 0.15) is 0 Å². The minimum Gasteiger partial charge on any atom is -1.00 e. The van der Waals surface area contributed by atoms with Crippen LogP contribution in [-0.4, -0.2) is 16.9 Å². The SMILES string of the molecule is CC(=Nc1c(C)cc(C)cc1C)c1cccnc1.C[C-]=Nc1c(C)cc(C)cc1C.[Cl-].[Cl-].[Fe+3]. The Morgan fingerprint density at radius 2 is 1.24 bits per heavy atom. The number of hydrogen-bond acceptors (Lipinski definition) is 3. The van der Waals surface area contributed by atoms with Crippen molar-refractivity contribution >= 4 is 23.3 Å². The van der Waals surface area contributed by atoms with Crippen molar-refractivity contribution in [2.75, 3.05) is 0 Å². The van der Waals surface area contributed by atoms with E-state index in [1.807, 2.05) is 32.2 Å². The van der Waals surface area contributed by atoms with Crippen LogP contribution in [0.5, 0.6) is 0 Å². The van der Waals surface area contributed by atoms with E-state index in [9.17, 15) is 0 Å². The topological polar surface area (TPSA) is 37.6 Å². The number of aryl methyl sites for hydroxylation is 6. The molecule has 3 nitrogen and oxygen atoms in total. The molecule has 0 aliphatic heterocycles. The predicted molar refractivity (Wildman–Crippen MR) is 130 cm³/mol. The first-order chi connectivity index (χ1) is 14.2. The van der Waals surface area contributed by atoms with E-state index < -0.39 is 0 Å². The van der Waals surface area contributed by atoms with Gasteiger partial charge in [-0.2, -0.15) is 6.21 Å². The summed E-state index contributed by atoms with van der Waals surface area (Å²) in [6, 6.07) is 12.6. The normalized spacial score (nSPS) is 10.4.